The third kappa shape index (κ3) is 2.39. The summed E-state index contributed by atoms with van der Waals surface area (Å²) in [5.41, 5.74) is 0.935. The Labute approximate surface area is 152 Å². The van der Waals surface area contributed by atoms with Gasteiger partial charge in [-0.15, -0.1) is 0 Å². The molecule has 4 heterocycles. The Morgan fingerprint density at radius 2 is 1.88 bits per heavy atom. The van der Waals surface area contributed by atoms with Crippen LogP contribution in [-0.4, -0.2) is 65.2 Å². The molecular formula is C18H25FN6O. The van der Waals surface area contributed by atoms with Crippen LogP contribution in [0.4, 0.5) is 15.9 Å². The molecule has 26 heavy (non-hydrogen) atoms. The van der Waals surface area contributed by atoms with E-state index in [4.69, 9.17) is 0 Å². The van der Waals surface area contributed by atoms with Crippen molar-refractivity contribution < 1.29 is 4.39 Å². The number of anilines is 2. The minimum atomic E-state index is -0.356. The molecule has 2 unspecified atom stereocenters. The SMILES string of the molecule is Cc1nc2c3c(nc(=O)n2C)N2CC(C)N(C)CC2CCN(C)c3c1F. The normalized spacial score (nSPS) is 23.8. The summed E-state index contributed by atoms with van der Waals surface area (Å²) in [6, 6.07) is 0.565. The van der Waals surface area contributed by atoms with Gasteiger partial charge in [0.25, 0.3) is 0 Å². The fourth-order valence-electron chi connectivity index (χ4n) is 4.12. The number of likely N-dealkylation sites (N-methyl/N-ethyl adjacent to an activating group) is 1. The first-order chi connectivity index (χ1) is 12.3. The van der Waals surface area contributed by atoms with Crippen molar-refractivity contribution in [2.45, 2.75) is 32.4 Å². The number of hydrogen-bond donors (Lipinski definition) is 0. The second-order valence-electron chi connectivity index (χ2n) is 7.64. The lowest BCUT2D eigenvalue weighted by Crippen LogP contribution is -2.58. The molecular weight excluding hydrogens is 335 g/mol. The van der Waals surface area contributed by atoms with Crippen molar-refractivity contribution in [3.8, 4) is 0 Å². The predicted octanol–water partition coefficient (Wildman–Crippen LogP) is 1.12. The monoisotopic (exact) mass is 360 g/mol. The van der Waals surface area contributed by atoms with Crippen LogP contribution in [0.2, 0.25) is 0 Å². The highest BCUT2D eigenvalue weighted by molar-refractivity contribution is 5.99. The van der Waals surface area contributed by atoms with E-state index in [2.05, 4.69) is 33.7 Å². The van der Waals surface area contributed by atoms with E-state index in [1.165, 1.54) is 4.57 Å². The quantitative estimate of drug-likeness (QED) is 0.702. The summed E-state index contributed by atoms with van der Waals surface area (Å²) in [7, 11) is 5.67. The largest absolute Gasteiger partial charge is 0.371 e. The number of aryl methyl sites for hydroxylation is 2. The molecule has 1 saturated heterocycles. The molecule has 2 aliphatic heterocycles. The molecule has 0 aliphatic carbocycles. The molecule has 140 valence electrons. The van der Waals surface area contributed by atoms with Gasteiger partial charge in [-0.1, -0.05) is 0 Å². The molecule has 0 radical (unpaired) electrons. The van der Waals surface area contributed by atoms with Crippen molar-refractivity contribution in [3.63, 3.8) is 0 Å². The van der Waals surface area contributed by atoms with Gasteiger partial charge in [-0.2, -0.15) is 4.98 Å². The van der Waals surface area contributed by atoms with Gasteiger partial charge in [-0.05, 0) is 27.3 Å². The van der Waals surface area contributed by atoms with E-state index < -0.39 is 0 Å². The fraction of sp³-hybridized carbons (Fsp3) is 0.611. The number of nitrogens with zero attached hydrogens (tertiary/aromatic N) is 6. The summed E-state index contributed by atoms with van der Waals surface area (Å²) >= 11 is 0. The van der Waals surface area contributed by atoms with E-state index >= 15 is 4.39 Å². The standard InChI is InChI=1S/C18H25FN6O/c1-10-8-25-12(9-23(10)4)6-7-22(3)15-13-16(20-11(2)14(15)19)24(5)18(26)21-17(13)25/h10,12H,6-9H2,1-5H3. The number of hydrogen-bond acceptors (Lipinski definition) is 6. The number of pyridine rings is 1. The van der Waals surface area contributed by atoms with Crippen LogP contribution < -0.4 is 15.5 Å². The zero-order chi connectivity index (χ0) is 18.7. The molecule has 7 nitrogen and oxygen atoms in total. The molecule has 0 aromatic carbocycles. The summed E-state index contributed by atoms with van der Waals surface area (Å²) in [6.45, 7) is 6.19. The van der Waals surface area contributed by atoms with Gasteiger partial charge in [0.05, 0.1) is 16.8 Å². The van der Waals surface area contributed by atoms with Gasteiger partial charge in [-0.25, -0.2) is 14.2 Å². The highest BCUT2D eigenvalue weighted by Gasteiger charge is 2.35. The molecule has 1 fully saturated rings. The molecule has 2 aliphatic rings. The molecule has 2 aromatic rings. The Balaban J connectivity index is 2.08. The minimum Gasteiger partial charge on any atom is -0.371 e. The first-order valence-electron chi connectivity index (χ1n) is 9.04. The number of halogens is 1. The third-order valence-corrected chi connectivity index (χ3v) is 5.89. The molecule has 0 bridgehead atoms. The second kappa shape index (κ2) is 5.90. The van der Waals surface area contributed by atoms with E-state index in [1.807, 2.05) is 11.9 Å². The van der Waals surface area contributed by atoms with Crippen LogP contribution in [0, 0.1) is 12.7 Å². The summed E-state index contributed by atoms with van der Waals surface area (Å²) in [6.07, 6.45) is 0.881. The smallest absolute Gasteiger partial charge is 0.350 e. The number of rotatable bonds is 0. The second-order valence-corrected chi connectivity index (χ2v) is 7.64. The van der Waals surface area contributed by atoms with Crippen LogP contribution in [0.25, 0.3) is 11.0 Å². The molecule has 2 aromatic heterocycles. The van der Waals surface area contributed by atoms with Crippen LogP contribution >= 0.6 is 0 Å². The first-order valence-corrected chi connectivity index (χ1v) is 9.04. The van der Waals surface area contributed by atoms with Crippen molar-refractivity contribution in [3.05, 3.63) is 22.0 Å². The summed E-state index contributed by atoms with van der Waals surface area (Å²) < 4.78 is 16.5. The molecule has 0 saturated carbocycles. The Kier molecular flexibility index (Phi) is 3.91. The van der Waals surface area contributed by atoms with Crippen molar-refractivity contribution >= 4 is 22.5 Å². The zero-order valence-electron chi connectivity index (χ0n) is 16.0. The Morgan fingerprint density at radius 1 is 1.15 bits per heavy atom. The minimum absolute atomic E-state index is 0.235. The Morgan fingerprint density at radius 3 is 2.62 bits per heavy atom. The van der Waals surface area contributed by atoms with Crippen molar-refractivity contribution in [1.29, 1.82) is 0 Å². The topological polar surface area (TPSA) is 57.5 Å². The van der Waals surface area contributed by atoms with Gasteiger partial charge in [-0.3, -0.25) is 9.47 Å². The lowest BCUT2D eigenvalue weighted by molar-refractivity contribution is 0.195. The van der Waals surface area contributed by atoms with Crippen molar-refractivity contribution in [2.24, 2.45) is 7.05 Å². The van der Waals surface area contributed by atoms with Crippen molar-refractivity contribution in [1.82, 2.24) is 19.4 Å². The van der Waals surface area contributed by atoms with E-state index in [1.54, 1.807) is 14.0 Å². The number of fused-ring (bicyclic) bond motifs is 2. The average molecular weight is 360 g/mol. The average Bonchev–Trinajstić information content (AvgIpc) is 2.59. The highest BCUT2D eigenvalue weighted by Crippen LogP contribution is 2.38. The zero-order valence-corrected chi connectivity index (χ0v) is 16.0. The van der Waals surface area contributed by atoms with Gasteiger partial charge in [0.15, 0.2) is 5.82 Å². The van der Waals surface area contributed by atoms with Crippen LogP contribution in [0.3, 0.4) is 0 Å². The molecule has 8 heteroatoms. The van der Waals surface area contributed by atoms with Gasteiger partial charge in [0.2, 0.25) is 0 Å². The van der Waals surface area contributed by atoms with Gasteiger partial charge < -0.3 is 9.80 Å². The Hall–Kier alpha value is -2.22. The summed E-state index contributed by atoms with van der Waals surface area (Å²) in [4.78, 5) is 27.7. The molecule has 0 amide bonds. The maximum atomic E-state index is 15.1. The van der Waals surface area contributed by atoms with Gasteiger partial charge in [0.1, 0.15) is 11.5 Å². The molecule has 0 N–H and O–H groups in total. The molecule has 2 atom stereocenters. The number of aromatic nitrogens is 3. The van der Waals surface area contributed by atoms with Crippen LogP contribution in [0.5, 0.6) is 0 Å². The van der Waals surface area contributed by atoms with E-state index in [0.717, 1.165) is 26.1 Å². The highest BCUT2D eigenvalue weighted by atomic mass is 19.1. The lowest BCUT2D eigenvalue weighted by Gasteiger charge is -2.46. The maximum absolute atomic E-state index is 15.1. The van der Waals surface area contributed by atoms with Gasteiger partial charge >= 0.3 is 5.69 Å². The van der Waals surface area contributed by atoms with Crippen LogP contribution in [0.15, 0.2) is 4.79 Å². The third-order valence-electron chi connectivity index (χ3n) is 5.89. The maximum Gasteiger partial charge on any atom is 0.350 e. The first kappa shape index (κ1) is 17.2. The summed E-state index contributed by atoms with van der Waals surface area (Å²) in [5.74, 6) is 0.239. The molecule has 4 rings (SSSR count). The van der Waals surface area contributed by atoms with Crippen LogP contribution in [-0.2, 0) is 7.05 Å². The van der Waals surface area contributed by atoms with E-state index in [0.29, 0.717) is 34.3 Å². The van der Waals surface area contributed by atoms with Gasteiger partial charge in [0, 0.05) is 45.8 Å². The number of piperazine rings is 1. The van der Waals surface area contributed by atoms with Crippen molar-refractivity contribution in [2.75, 3.05) is 43.5 Å². The predicted molar refractivity (Wildman–Crippen MR) is 101 cm³/mol. The van der Waals surface area contributed by atoms with Crippen LogP contribution in [0.1, 0.15) is 19.0 Å². The summed E-state index contributed by atoms with van der Waals surface area (Å²) in [5, 5.41) is 0.638. The fourth-order valence-corrected chi connectivity index (χ4v) is 4.12. The van der Waals surface area contributed by atoms with E-state index in [-0.39, 0.29) is 17.5 Å². The van der Waals surface area contributed by atoms with E-state index in [9.17, 15) is 4.79 Å². The lowest BCUT2D eigenvalue weighted by atomic mass is 10.0. The Bertz CT molecular complexity index is 942. The molecule has 0 spiro atoms.